The summed E-state index contributed by atoms with van der Waals surface area (Å²) in [5.74, 6) is 3.58. The molecule has 1 amide bonds. The maximum absolute atomic E-state index is 10.8. The van der Waals surface area contributed by atoms with Gasteiger partial charge in [0.1, 0.15) is 7.60 Å². The van der Waals surface area contributed by atoms with Gasteiger partial charge in [0.15, 0.2) is 0 Å². The predicted molar refractivity (Wildman–Crippen MR) is 41.0 cm³/mol. The molecule has 0 rings (SSSR count). The van der Waals surface area contributed by atoms with E-state index in [1.54, 1.807) is 0 Å². The molecule has 1 unspecified atom stereocenters. The number of hydrogen-bond donors (Lipinski definition) is 2. The summed E-state index contributed by atoms with van der Waals surface area (Å²) in [6.45, 7) is 1.45. The lowest BCUT2D eigenvalue weighted by Gasteiger charge is -2.23. The lowest BCUT2D eigenvalue weighted by molar-refractivity contribution is -0.197. The van der Waals surface area contributed by atoms with Crippen LogP contribution in [0.3, 0.4) is 0 Å². The maximum Gasteiger partial charge on any atom is 0.237 e. The Balaban J connectivity index is 4.09. The minimum absolute atomic E-state index is 0.341. The molecule has 0 radical (unpaired) electrons. The van der Waals surface area contributed by atoms with E-state index < -0.39 is 19.4 Å². The highest BCUT2D eigenvalue weighted by atomic mass is 31.2. The van der Waals surface area contributed by atoms with Crippen LogP contribution in [0.5, 0.6) is 0 Å². The Labute approximate surface area is 70.6 Å². The average Bonchev–Trinajstić information content (AvgIpc) is 2.02. The normalized spacial score (nSPS) is 18.0. The predicted octanol–water partition coefficient (Wildman–Crippen LogP) is -1.19. The van der Waals surface area contributed by atoms with Gasteiger partial charge in [-0.1, -0.05) is 6.92 Å². The monoisotopic (exact) mass is 195 g/mol. The molecule has 0 aliphatic heterocycles. The molecule has 12 heavy (non-hydrogen) atoms. The minimum Gasteiger partial charge on any atom is -0.778 e. The van der Waals surface area contributed by atoms with Gasteiger partial charge in [0.2, 0.25) is 5.91 Å². The summed E-state index contributed by atoms with van der Waals surface area (Å²) in [6.07, 6.45) is -0.341. The van der Waals surface area contributed by atoms with Gasteiger partial charge in [-0.25, -0.2) is 5.84 Å². The molecule has 0 heterocycles. The molecule has 0 aromatic heterocycles. The van der Waals surface area contributed by atoms with Crippen LogP contribution in [0.25, 0.3) is 0 Å². The lowest BCUT2D eigenvalue weighted by atomic mass is 10.2. The van der Waals surface area contributed by atoms with Crippen molar-refractivity contribution >= 4 is 13.5 Å². The Morgan fingerprint density at radius 2 is 2.33 bits per heavy atom. The highest BCUT2D eigenvalue weighted by Crippen LogP contribution is 2.37. The van der Waals surface area contributed by atoms with Gasteiger partial charge in [0, 0.05) is 19.2 Å². The van der Waals surface area contributed by atoms with Gasteiger partial charge in [0.25, 0.3) is 0 Å². The number of carbonyl (C=O) groups is 1. The fourth-order valence-corrected chi connectivity index (χ4v) is 1.62. The second-order valence-electron chi connectivity index (χ2n) is 2.39. The van der Waals surface area contributed by atoms with E-state index in [1.807, 2.05) is 5.43 Å². The number of amides is 1. The Hall–Kier alpha value is -0.420. The van der Waals surface area contributed by atoms with E-state index >= 15 is 0 Å². The summed E-state index contributed by atoms with van der Waals surface area (Å²) in [7, 11) is -2.81. The topological polar surface area (TPSA) is 104 Å². The zero-order valence-corrected chi connectivity index (χ0v) is 7.84. The van der Waals surface area contributed by atoms with E-state index in [1.165, 1.54) is 6.92 Å². The zero-order valence-electron chi connectivity index (χ0n) is 6.94. The highest BCUT2D eigenvalue weighted by molar-refractivity contribution is 7.51. The third kappa shape index (κ3) is 3.82. The molecular formula is C5H12N2O4P-. The fourth-order valence-electron chi connectivity index (χ4n) is 0.635. The first-order chi connectivity index (χ1) is 5.43. The molecule has 6 nitrogen and oxygen atoms in total. The van der Waals surface area contributed by atoms with Crippen molar-refractivity contribution in [2.75, 3.05) is 13.3 Å². The second-order valence-corrected chi connectivity index (χ2v) is 4.34. The van der Waals surface area contributed by atoms with Crippen molar-refractivity contribution in [2.24, 2.45) is 11.8 Å². The van der Waals surface area contributed by atoms with Crippen molar-refractivity contribution in [1.82, 2.24) is 5.43 Å². The molecule has 0 saturated heterocycles. The lowest BCUT2D eigenvalue weighted by Crippen LogP contribution is -2.36. The molecule has 0 aliphatic carbocycles. The van der Waals surface area contributed by atoms with Crippen LogP contribution in [0.4, 0.5) is 0 Å². The molecule has 0 aliphatic rings. The average molecular weight is 195 g/mol. The Kier molecular flexibility index (Phi) is 4.41. The van der Waals surface area contributed by atoms with E-state index in [0.29, 0.717) is 0 Å². The van der Waals surface area contributed by atoms with E-state index in [-0.39, 0.29) is 6.16 Å². The van der Waals surface area contributed by atoms with Gasteiger partial charge in [0.05, 0.1) is 0 Å². The molecule has 2 atom stereocenters. The summed E-state index contributed by atoms with van der Waals surface area (Å²) in [5.41, 5.74) is 1.86. The zero-order chi connectivity index (χ0) is 9.78. The van der Waals surface area contributed by atoms with Crippen LogP contribution >= 0.6 is 7.60 Å². The summed E-state index contributed by atoms with van der Waals surface area (Å²) in [5, 5.41) is 0. The first-order valence-corrected chi connectivity index (χ1v) is 5.02. The standard InChI is InChI=1S/C5H13N2O4P/c1-4(5(8)7-6)3-12(9,10)11-2/h4H,3,6H2,1-2H3,(H,7,8)(H,9,10)/p-1/t4-/m1/s1. The van der Waals surface area contributed by atoms with Crippen LogP contribution in [0.1, 0.15) is 6.92 Å². The molecular weight excluding hydrogens is 183 g/mol. The molecule has 0 saturated carbocycles. The van der Waals surface area contributed by atoms with E-state index in [4.69, 9.17) is 5.84 Å². The van der Waals surface area contributed by atoms with Crippen LogP contribution in [0, 0.1) is 5.92 Å². The van der Waals surface area contributed by atoms with Crippen LogP contribution < -0.4 is 16.2 Å². The van der Waals surface area contributed by atoms with E-state index in [0.717, 1.165) is 7.11 Å². The number of carbonyl (C=O) groups excluding carboxylic acids is 1. The quantitative estimate of drug-likeness (QED) is 0.254. The third-order valence-corrected chi connectivity index (χ3v) is 2.92. The molecule has 0 fully saturated rings. The van der Waals surface area contributed by atoms with Crippen molar-refractivity contribution in [3.05, 3.63) is 0 Å². The second kappa shape index (κ2) is 4.57. The number of rotatable bonds is 4. The van der Waals surface area contributed by atoms with Gasteiger partial charge in [-0.2, -0.15) is 0 Å². The maximum atomic E-state index is 10.8. The minimum atomic E-state index is -3.86. The van der Waals surface area contributed by atoms with Gasteiger partial charge in [-0.15, -0.1) is 0 Å². The van der Waals surface area contributed by atoms with Crippen LogP contribution in [0.2, 0.25) is 0 Å². The summed E-state index contributed by atoms with van der Waals surface area (Å²) in [6, 6.07) is 0. The van der Waals surface area contributed by atoms with Gasteiger partial charge in [-0.3, -0.25) is 10.2 Å². The largest absolute Gasteiger partial charge is 0.778 e. The Bertz CT molecular complexity index is 208. The van der Waals surface area contributed by atoms with E-state index in [9.17, 15) is 14.3 Å². The van der Waals surface area contributed by atoms with Crippen molar-refractivity contribution in [1.29, 1.82) is 0 Å². The molecule has 7 heteroatoms. The summed E-state index contributed by atoms with van der Waals surface area (Å²) < 4.78 is 15.0. The first-order valence-electron chi connectivity index (χ1n) is 3.29. The van der Waals surface area contributed by atoms with Crippen LogP contribution in [-0.4, -0.2) is 19.2 Å². The first kappa shape index (κ1) is 11.6. The fraction of sp³-hybridized carbons (Fsp3) is 0.800. The summed E-state index contributed by atoms with van der Waals surface area (Å²) in [4.78, 5) is 21.6. The van der Waals surface area contributed by atoms with Crippen molar-refractivity contribution < 1.29 is 18.8 Å². The smallest absolute Gasteiger partial charge is 0.237 e. The van der Waals surface area contributed by atoms with Crippen molar-refractivity contribution in [3.8, 4) is 0 Å². The van der Waals surface area contributed by atoms with Crippen LogP contribution in [0.15, 0.2) is 0 Å². The highest BCUT2D eigenvalue weighted by Gasteiger charge is 2.18. The molecule has 3 N–H and O–H groups in total. The number of hydrogen-bond acceptors (Lipinski definition) is 5. The van der Waals surface area contributed by atoms with Crippen molar-refractivity contribution in [3.63, 3.8) is 0 Å². The van der Waals surface area contributed by atoms with E-state index in [2.05, 4.69) is 4.52 Å². The van der Waals surface area contributed by atoms with Crippen LogP contribution in [-0.2, 0) is 13.9 Å². The number of nitrogens with two attached hydrogens (primary N) is 1. The van der Waals surface area contributed by atoms with Crippen molar-refractivity contribution in [2.45, 2.75) is 6.92 Å². The van der Waals surface area contributed by atoms with Gasteiger partial charge >= 0.3 is 0 Å². The summed E-state index contributed by atoms with van der Waals surface area (Å²) >= 11 is 0. The number of hydrazine groups is 1. The molecule has 0 aromatic rings. The van der Waals surface area contributed by atoms with Gasteiger partial charge < -0.3 is 14.0 Å². The molecule has 0 spiro atoms. The SMILES string of the molecule is COP(=O)([O-])C[C@@H](C)C(=O)NN. The molecule has 0 bridgehead atoms. The molecule has 0 aromatic carbocycles. The molecule has 72 valence electrons. The Morgan fingerprint density at radius 1 is 1.83 bits per heavy atom. The Morgan fingerprint density at radius 3 is 2.67 bits per heavy atom. The third-order valence-electron chi connectivity index (χ3n) is 1.37. The van der Waals surface area contributed by atoms with Gasteiger partial charge in [-0.05, 0) is 0 Å². The number of nitrogens with one attached hydrogen (secondary N) is 1.